The van der Waals surface area contributed by atoms with E-state index < -0.39 is 12.0 Å². The summed E-state index contributed by atoms with van der Waals surface area (Å²) in [6.45, 7) is 5.49. The third kappa shape index (κ3) is 7.69. The van der Waals surface area contributed by atoms with Gasteiger partial charge < -0.3 is 14.7 Å². The SMILES string of the molecule is OC1(C(CN2CCCN(Cc3ccccc3)CC2)c2ccc(OC(F)(F)F)cc2)CCCCCC1. The van der Waals surface area contributed by atoms with E-state index in [1.165, 1.54) is 17.7 Å². The van der Waals surface area contributed by atoms with Crippen LogP contribution in [0, 0.1) is 0 Å². The molecule has 0 bridgehead atoms. The highest BCUT2D eigenvalue weighted by Crippen LogP contribution is 2.40. The molecule has 0 radical (unpaired) electrons. The van der Waals surface area contributed by atoms with Gasteiger partial charge in [-0.1, -0.05) is 68.1 Å². The van der Waals surface area contributed by atoms with Gasteiger partial charge in [-0.3, -0.25) is 4.90 Å². The van der Waals surface area contributed by atoms with E-state index in [-0.39, 0.29) is 11.7 Å². The summed E-state index contributed by atoms with van der Waals surface area (Å²) in [5, 5.41) is 11.8. The number of halogens is 3. The molecule has 192 valence electrons. The smallest absolute Gasteiger partial charge is 0.406 e. The normalized spacial score (nSPS) is 21.1. The standard InChI is InChI=1S/C28H37F3N2O2/c29-28(30,31)35-25-13-11-24(12-14-25)26(27(34)15-6-1-2-7-16-27)22-33-18-8-17-32(19-20-33)21-23-9-4-3-5-10-23/h3-5,9-14,26,34H,1-2,6-8,15-22H2. The lowest BCUT2D eigenvalue weighted by Crippen LogP contribution is -2.43. The first-order chi connectivity index (χ1) is 16.8. The molecular formula is C28H37F3N2O2. The van der Waals surface area contributed by atoms with Crippen LogP contribution < -0.4 is 4.74 Å². The van der Waals surface area contributed by atoms with Gasteiger partial charge in [-0.2, -0.15) is 0 Å². The van der Waals surface area contributed by atoms with Gasteiger partial charge in [-0.25, -0.2) is 0 Å². The third-order valence-corrected chi connectivity index (χ3v) is 7.50. The monoisotopic (exact) mass is 490 g/mol. The molecule has 2 aromatic carbocycles. The largest absolute Gasteiger partial charge is 0.573 e. The first-order valence-corrected chi connectivity index (χ1v) is 12.9. The molecule has 7 heteroatoms. The summed E-state index contributed by atoms with van der Waals surface area (Å²) in [5.74, 6) is -0.375. The molecule has 1 aliphatic carbocycles. The highest BCUT2D eigenvalue weighted by molar-refractivity contribution is 5.32. The minimum Gasteiger partial charge on any atom is -0.406 e. The zero-order valence-corrected chi connectivity index (χ0v) is 20.3. The number of rotatable bonds is 7. The summed E-state index contributed by atoms with van der Waals surface area (Å²) in [6, 6.07) is 16.7. The quantitative estimate of drug-likeness (QED) is 0.486. The van der Waals surface area contributed by atoms with Crippen LogP contribution in [0.4, 0.5) is 13.2 Å². The summed E-state index contributed by atoms with van der Waals surface area (Å²) in [6.07, 6.45) is 1.99. The Morgan fingerprint density at radius 1 is 0.800 bits per heavy atom. The fraction of sp³-hybridized carbons (Fsp3) is 0.571. The number of ether oxygens (including phenoxy) is 1. The fourth-order valence-electron chi connectivity index (χ4n) is 5.64. The molecule has 4 rings (SSSR count). The van der Waals surface area contributed by atoms with Crippen molar-refractivity contribution in [2.24, 2.45) is 0 Å². The van der Waals surface area contributed by atoms with Crippen LogP contribution in [0.5, 0.6) is 5.75 Å². The van der Waals surface area contributed by atoms with Crippen molar-refractivity contribution in [1.82, 2.24) is 9.80 Å². The number of hydrogen-bond acceptors (Lipinski definition) is 4. The second-order valence-electron chi connectivity index (χ2n) is 10.1. The van der Waals surface area contributed by atoms with Crippen LogP contribution >= 0.6 is 0 Å². The van der Waals surface area contributed by atoms with Crippen molar-refractivity contribution >= 4 is 0 Å². The minimum absolute atomic E-state index is 0.152. The van der Waals surface area contributed by atoms with Gasteiger partial charge >= 0.3 is 6.36 Å². The van der Waals surface area contributed by atoms with Crippen molar-refractivity contribution in [1.29, 1.82) is 0 Å². The Morgan fingerprint density at radius 2 is 1.43 bits per heavy atom. The topological polar surface area (TPSA) is 35.9 Å². The lowest BCUT2D eigenvalue weighted by atomic mass is 9.76. The van der Waals surface area contributed by atoms with Crippen molar-refractivity contribution in [3.8, 4) is 5.75 Å². The summed E-state index contributed by atoms with van der Waals surface area (Å²) < 4.78 is 42.0. The molecule has 1 unspecified atom stereocenters. The summed E-state index contributed by atoms with van der Waals surface area (Å²) in [7, 11) is 0. The molecule has 35 heavy (non-hydrogen) atoms. The van der Waals surface area contributed by atoms with E-state index in [9.17, 15) is 18.3 Å². The number of benzene rings is 2. The predicted molar refractivity (Wildman–Crippen MR) is 131 cm³/mol. The van der Waals surface area contributed by atoms with E-state index >= 15 is 0 Å². The zero-order chi connectivity index (χ0) is 24.7. The molecule has 4 nitrogen and oxygen atoms in total. The predicted octanol–water partition coefficient (Wildman–Crippen LogP) is 5.96. The Labute approximate surface area is 206 Å². The Kier molecular flexibility index (Phi) is 8.73. The molecule has 1 heterocycles. The first kappa shape index (κ1) is 26.0. The Morgan fingerprint density at radius 3 is 2.09 bits per heavy atom. The molecule has 2 aliphatic rings. The van der Waals surface area contributed by atoms with Crippen LogP contribution in [0.1, 0.15) is 62.0 Å². The van der Waals surface area contributed by atoms with Crippen molar-refractivity contribution in [2.45, 2.75) is 69.4 Å². The molecule has 0 aromatic heterocycles. The van der Waals surface area contributed by atoms with E-state index in [0.29, 0.717) is 6.54 Å². The van der Waals surface area contributed by atoms with Crippen LogP contribution in [0.2, 0.25) is 0 Å². The molecule has 0 spiro atoms. The maximum absolute atomic E-state index is 12.6. The molecule has 1 saturated heterocycles. The first-order valence-electron chi connectivity index (χ1n) is 12.9. The number of alkyl halides is 3. The highest BCUT2D eigenvalue weighted by atomic mass is 19.4. The van der Waals surface area contributed by atoms with Gasteiger partial charge in [0.15, 0.2) is 0 Å². The van der Waals surface area contributed by atoms with Crippen molar-refractivity contribution in [3.63, 3.8) is 0 Å². The lowest BCUT2D eigenvalue weighted by Gasteiger charge is -2.39. The Bertz CT molecular complexity index is 897. The molecule has 1 saturated carbocycles. The highest BCUT2D eigenvalue weighted by Gasteiger charge is 2.39. The van der Waals surface area contributed by atoms with E-state index in [1.54, 1.807) is 12.1 Å². The Hall–Kier alpha value is -2.09. The van der Waals surface area contributed by atoms with E-state index in [4.69, 9.17) is 0 Å². The number of nitrogens with zero attached hydrogens (tertiary/aromatic N) is 2. The third-order valence-electron chi connectivity index (χ3n) is 7.50. The fourth-order valence-corrected chi connectivity index (χ4v) is 5.64. The van der Waals surface area contributed by atoms with Crippen LogP contribution in [-0.4, -0.2) is 59.6 Å². The average Bonchev–Trinajstić information content (AvgIpc) is 3.18. The molecule has 1 aliphatic heterocycles. The second-order valence-corrected chi connectivity index (χ2v) is 10.1. The van der Waals surface area contributed by atoms with E-state index in [2.05, 4.69) is 38.8 Å². The average molecular weight is 491 g/mol. The van der Waals surface area contributed by atoms with Crippen molar-refractivity contribution < 1.29 is 23.0 Å². The van der Waals surface area contributed by atoms with Crippen LogP contribution in [0.3, 0.4) is 0 Å². The molecule has 1 N–H and O–H groups in total. The second kappa shape index (κ2) is 11.8. The van der Waals surface area contributed by atoms with Crippen LogP contribution in [0.15, 0.2) is 54.6 Å². The van der Waals surface area contributed by atoms with E-state index in [1.807, 2.05) is 6.07 Å². The van der Waals surface area contributed by atoms with Gasteiger partial charge in [0, 0.05) is 32.1 Å². The van der Waals surface area contributed by atoms with E-state index in [0.717, 1.165) is 83.2 Å². The zero-order valence-electron chi connectivity index (χ0n) is 20.3. The molecule has 0 amide bonds. The molecule has 1 atom stereocenters. The lowest BCUT2D eigenvalue weighted by molar-refractivity contribution is -0.274. The number of aliphatic hydroxyl groups is 1. The van der Waals surface area contributed by atoms with Gasteiger partial charge in [0.1, 0.15) is 5.75 Å². The summed E-state index contributed by atoms with van der Waals surface area (Å²) in [4.78, 5) is 4.91. The Balaban J connectivity index is 1.47. The van der Waals surface area contributed by atoms with Gasteiger partial charge in [-0.05, 0) is 55.6 Å². The van der Waals surface area contributed by atoms with Crippen molar-refractivity contribution in [2.75, 3.05) is 32.7 Å². The van der Waals surface area contributed by atoms with Crippen LogP contribution in [0.25, 0.3) is 0 Å². The van der Waals surface area contributed by atoms with Crippen LogP contribution in [-0.2, 0) is 6.54 Å². The minimum atomic E-state index is -4.71. The number of hydrogen-bond donors (Lipinski definition) is 1. The molecule has 2 fully saturated rings. The van der Waals surface area contributed by atoms with Crippen molar-refractivity contribution in [3.05, 3.63) is 65.7 Å². The van der Waals surface area contributed by atoms with Gasteiger partial charge in [0.25, 0.3) is 0 Å². The maximum Gasteiger partial charge on any atom is 0.573 e. The summed E-state index contributed by atoms with van der Waals surface area (Å²) >= 11 is 0. The van der Waals surface area contributed by atoms with Gasteiger partial charge in [0.05, 0.1) is 5.60 Å². The molecule has 2 aromatic rings. The van der Waals surface area contributed by atoms with Gasteiger partial charge in [-0.15, -0.1) is 13.2 Å². The molecular weight excluding hydrogens is 453 g/mol. The van der Waals surface area contributed by atoms with Gasteiger partial charge in [0.2, 0.25) is 0 Å². The summed E-state index contributed by atoms with van der Waals surface area (Å²) in [5.41, 5.74) is 1.35. The maximum atomic E-state index is 12.6.